The lowest BCUT2D eigenvalue weighted by Crippen LogP contribution is -2.41. The fourth-order valence-electron chi connectivity index (χ4n) is 2.95. The van der Waals surface area contributed by atoms with Gasteiger partial charge in [-0.15, -0.1) is 5.10 Å². The summed E-state index contributed by atoms with van der Waals surface area (Å²) in [5.41, 5.74) is 2.99. The minimum atomic E-state index is -0.419. The molecular formula is C18H26BN3O3. The highest BCUT2D eigenvalue weighted by atomic mass is 16.7. The Morgan fingerprint density at radius 1 is 1.16 bits per heavy atom. The Balaban J connectivity index is 2.01. The van der Waals surface area contributed by atoms with Crippen LogP contribution in [0.4, 0.5) is 0 Å². The van der Waals surface area contributed by atoms with Crippen molar-refractivity contribution >= 4 is 12.6 Å². The average Bonchev–Trinajstić information content (AvgIpc) is 3.08. The lowest BCUT2D eigenvalue weighted by molar-refractivity contribution is 0.00578. The van der Waals surface area contributed by atoms with Gasteiger partial charge >= 0.3 is 7.12 Å². The quantitative estimate of drug-likeness (QED) is 0.799. The van der Waals surface area contributed by atoms with Crippen LogP contribution in [0.25, 0.3) is 11.3 Å². The number of aryl methyl sites for hydroxylation is 2. The monoisotopic (exact) mass is 343 g/mol. The van der Waals surface area contributed by atoms with E-state index in [1.807, 2.05) is 26.1 Å². The molecule has 0 bridgehead atoms. The zero-order valence-electron chi connectivity index (χ0n) is 16.1. The SMILES string of the molecule is CCn1cc(-c2c(C)cc(B3OC(C)(C)C(C)(C)O3)cc2OC)nn1. The van der Waals surface area contributed by atoms with Crippen molar-refractivity contribution in [3.63, 3.8) is 0 Å². The normalized spacial score (nSPS) is 18.6. The van der Waals surface area contributed by atoms with Crippen molar-refractivity contribution in [3.8, 4) is 17.0 Å². The minimum Gasteiger partial charge on any atom is -0.496 e. The summed E-state index contributed by atoms with van der Waals surface area (Å²) >= 11 is 0. The Morgan fingerprint density at radius 2 is 1.80 bits per heavy atom. The Hall–Kier alpha value is -1.86. The molecule has 0 atom stereocenters. The predicted octanol–water partition coefficient (Wildman–Crippen LogP) is 2.58. The van der Waals surface area contributed by atoms with E-state index >= 15 is 0 Å². The van der Waals surface area contributed by atoms with Crippen molar-refractivity contribution in [2.45, 2.75) is 59.3 Å². The van der Waals surface area contributed by atoms with Gasteiger partial charge in [0.15, 0.2) is 0 Å². The first-order chi connectivity index (χ1) is 11.7. The van der Waals surface area contributed by atoms with Crippen LogP contribution in [-0.4, -0.2) is 40.4 Å². The highest BCUT2D eigenvalue weighted by Gasteiger charge is 2.51. The summed E-state index contributed by atoms with van der Waals surface area (Å²) in [6.45, 7) is 13.0. The highest BCUT2D eigenvalue weighted by molar-refractivity contribution is 6.62. The number of benzene rings is 1. The van der Waals surface area contributed by atoms with Gasteiger partial charge in [-0.05, 0) is 58.6 Å². The number of rotatable bonds is 4. The van der Waals surface area contributed by atoms with Crippen molar-refractivity contribution in [3.05, 3.63) is 23.9 Å². The number of hydrogen-bond acceptors (Lipinski definition) is 5. The lowest BCUT2D eigenvalue weighted by atomic mass is 9.77. The standard InChI is InChI=1S/C18H26BN3O3/c1-8-22-11-14(20-21-22)16-12(2)9-13(10-15(16)23-7)19-24-17(3,4)18(5,6)25-19/h9-11H,8H2,1-7H3. The number of ether oxygens (including phenoxy) is 1. The summed E-state index contributed by atoms with van der Waals surface area (Å²) in [6, 6.07) is 4.04. The van der Waals surface area contributed by atoms with Gasteiger partial charge < -0.3 is 14.0 Å². The fourth-order valence-corrected chi connectivity index (χ4v) is 2.95. The maximum Gasteiger partial charge on any atom is 0.494 e. The van der Waals surface area contributed by atoms with Crippen LogP contribution in [0.2, 0.25) is 0 Å². The molecular weight excluding hydrogens is 317 g/mol. The smallest absolute Gasteiger partial charge is 0.494 e. The molecule has 2 heterocycles. The molecule has 6 nitrogen and oxygen atoms in total. The van der Waals surface area contributed by atoms with Gasteiger partial charge in [0.1, 0.15) is 11.4 Å². The van der Waals surface area contributed by atoms with Crippen LogP contribution in [0.15, 0.2) is 18.3 Å². The number of methoxy groups -OCH3 is 1. The van der Waals surface area contributed by atoms with Crippen molar-refractivity contribution < 1.29 is 14.0 Å². The molecule has 0 aliphatic carbocycles. The Labute approximate surface area is 149 Å². The average molecular weight is 343 g/mol. The number of aromatic nitrogens is 3. The van der Waals surface area contributed by atoms with E-state index in [0.29, 0.717) is 0 Å². The lowest BCUT2D eigenvalue weighted by Gasteiger charge is -2.32. The molecule has 25 heavy (non-hydrogen) atoms. The van der Waals surface area contributed by atoms with Gasteiger partial charge in [0.2, 0.25) is 0 Å². The van der Waals surface area contributed by atoms with Gasteiger partial charge in [-0.2, -0.15) is 0 Å². The van der Waals surface area contributed by atoms with Crippen molar-refractivity contribution in [1.29, 1.82) is 0 Å². The molecule has 0 spiro atoms. The first kappa shape index (κ1) is 18.0. The van der Waals surface area contributed by atoms with E-state index in [9.17, 15) is 0 Å². The van der Waals surface area contributed by atoms with Crippen molar-refractivity contribution in [2.24, 2.45) is 0 Å². The maximum atomic E-state index is 6.16. The highest BCUT2D eigenvalue weighted by Crippen LogP contribution is 2.38. The minimum absolute atomic E-state index is 0.374. The van der Waals surface area contributed by atoms with E-state index in [-0.39, 0.29) is 11.2 Å². The van der Waals surface area contributed by atoms with Gasteiger partial charge in [0, 0.05) is 12.1 Å². The fraction of sp³-hybridized carbons (Fsp3) is 0.556. The summed E-state index contributed by atoms with van der Waals surface area (Å²) in [4.78, 5) is 0. The van der Waals surface area contributed by atoms with E-state index < -0.39 is 7.12 Å². The molecule has 7 heteroatoms. The van der Waals surface area contributed by atoms with Crippen molar-refractivity contribution in [1.82, 2.24) is 15.0 Å². The molecule has 134 valence electrons. The molecule has 2 aromatic rings. The second-order valence-corrected chi connectivity index (χ2v) is 7.46. The van der Waals surface area contributed by atoms with Crippen LogP contribution in [-0.2, 0) is 15.9 Å². The van der Waals surface area contributed by atoms with Crippen LogP contribution < -0.4 is 10.2 Å². The third-order valence-electron chi connectivity index (χ3n) is 5.19. The summed E-state index contributed by atoms with van der Waals surface area (Å²) < 4.78 is 19.8. The third-order valence-corrected chi connectivity index (χ3v) is 5.19. The molecule has 1 aromatic carbocycles. The summed E-state index contributed by atoms with van der Waals surface area (Å²) in [5, 5.41) is 8.40. The van der Waals surface area contributed by atoms with E-state index in [4.69, 9.17) is 14.0 Å². The van der Waals surface area contributed by atoms with Gasteiger partial charge in [-0.25, -0.2) is 0 Å². The molecule has 0 radical (unpaired) electrons. The second kappa shape index (κ2) is 6.14. The summed E-state index contributed by atoms with van der Waals surface area (Å²) in [7, 11) is 1.24. The Bertz CT molecular complexity index is 770. The van der Waals surface area contributed by atoms with Gasteiger partial charge in [0.25, 0.3) is 0 Å². The van der Waals surface area contributed by atoms with Crippen LogP contribution in [0.3, 0.4) is 0 Å². The summed E-state index contributed by atoms with van der Waals surface area (Å²) in [6.07, 6.45) is 1.93. The molecule has 1 fully saturated rings. The molecule has 1 aliphatic heterocycles. The number of nitrogens with zero attached hydrogens (tertiary/aromatic N) is 3. The number of hydrogen-bond donors (Lipinski definition) is 0. The molecule has 1 saturated heterocycles. The molecule has 1 aliphatic rings. The van der Waals surface area contributed by atoms with Crippen LogP contribution >= 0.6 is 0 Å². The maximum absolute atomic E-state index is 6.16. The Kier molecular flexibility index (Phi) is 4.41. The Morgan fingerprint density at radius 3 is 2.32 bits per heavy atom. The van der Waals surface area contributed by atoms with Gasteiger partial charge in [-0.1, -0.05) is 11.3 Å². The van der Waals surface area contributed by atoms with E-state index in [1.54, 1.807) is 11.8 Å². The topological polar surface area (TPSA) is 58.4 Å². The first-order valence-electron chi connectivity index (χ1n) is 8.63. The van der Waals surface area contributed by atoms with Crippen LogP contribution in [0.1, 0.15) is 40.2 Å². The van der Waals surface area contributed by atoms with Crippen LogP contribution in [0.5, 0.6) is 5.75 Å². The molecule has 1 aromatic heterocycles. The van der Waals surface area contributed by atoms with Crippen LogP contribution in [0, 0.1) is 6.92 Å². The largest absolute Gasteiger partial charge is 0.496 e. The molecule has 0 saturated carbocycles. The van der Waals surface area contributed by atoms with E-state index in [0.717, 1.165) is 34.6 Å². The van der Waals surface area contributed by atoms with Gasteiger partial charge in [0.05, 0.1) is 24.5 Å². The second-order valence-electron chi connectivity index (χ2n) is 7.46. The van der Waals surface area contributed by atoms with Gasteiger partial charge in [-0.3, -0.25) is 4.68 Å². The summed E-state index contributed by atoms with van der Waals surface area (Å²) in [5.74, 6) is 0.743. The molecule has 0 N–H and O–H groups in total. The molecule has 0 amide bonds. The zero-order valence-corrected chi connectivity index (χ0v) is 16.1. The third kappa shape index (κ3) is 3.07. The first-order valence-corrected chi connectivity index (χ1v) is 8.63. The zero-order chi connectivity index (χ0) is 18.4. The van der Waals surface area contributed by atoms with Crippen molar-refractivity contribution in [2.75, 3.05) is 7.11 Å². The molecule has 0 unspecified atom stereocenters. The van der Waals surface area contributed by atoms with E-state index in [1.165, 1.54) is 0 Å². The predicted molar refractivity (Wildman–Crippen MR) is 98.1 cm³/mol. The molecule has 3 rings (SSSR count). The van der Waals surface area contributed by atoms with E-state index in [2.05, 4.69) is 44.1 Å².